The summed E-state index contributed by atoms with van der Waals surface area (Å²) in [6.07, 6.45) is 1.69. The van der Waals surface area contributed by atoms with Gasteiger partial charge >= 0.3 is 0 Å². The summed E-state index contributed by atoms with van der Waals surface area (Å²) in [5, 5.41) is 7.32. The van der Waals surface area contributed by atoms with Crippen molar-refractivity contribution in [2.24, 2.45) is 0 Å². The van der Waals surface area contributed by atoms with Gasteiger partial charge in [-0.3, -0.25) is 4.57 Å². The van der Waals surface area contributed by atoms with E-state index in [1.807, 2.05) is 21.4 Å². The first kappa shape index (κ1) is 18.3. The minimum absolute atomic E-state index is 0.111. The zero-order valence-corrected chi connectivity index (χ0v) is 16.8. The Kier molecular flexibility index (Phi) is 4.93. The molecule has 0 aliphatic heterocycles. The molecule has 0 saturated carbocycles. The molecular weight excluding hydrogens is 402 g/mol. The van der Waals surface area contributed by atoms with Gasteiger partial charge in [-0.1, -0.05) is 0 Å². The number of nitrogens with one attached hydrogen (secondary N) is 1. The number of benzene rings is 1. The van der Waals surface area contributed by atoms with E-state index in [1.165, 1.54) is 0 Å². The van der Waals surface area contributed by atoms with Crippen molar-refractivity contribution in [2.45, 2.75) is 0 Å². The quantitative estimate of drug-likeness (QED) is 0.468. The van der Waals surface area contributed by atoms with Crippen LogP contribution in [0.1, 0.15) is 0 Å². The van der Waals surface area contributed by atoms with E-state index in [-0.39, 0.29) is 5.28 Å². The summed E-state index contributed by atoms with van der Waals surface area (Å²) in [4.78, 5) is 13.1. The van der Waals surface area contributed by atoms with Gasteiger partial charge in [-0.15, -0.1) is 0 Å². The standard InChI is InChI=1S/C18H16ClN5O3S/c1-25-12-6-10(7-13(26-2)15(12)27-3)21-16-14-17(23-18(19)22-16)24(9-20-14)11-4-5-28-8-11/h4-9H,1-3H3,(H,21,22,23). The molecule has 4 aromatic rings. The average Bonchev–Trinajstić information content (AvgIpc) is 3.36. The van der Waals surface area contributed by atoms with Gasteiger partial charge in [-0.2, -0.15) is 21.3 Å². The summed E-state index contributed by atoms with van der Waals surface area (Å²) in [6, 6.07) is 5.53. The maximum Gasteiger partial charge on any atom is 0.226 e. The van der Waals surface area contributed by atoms with Crippen LogP contribution in [0, 0.1) is 0 Å². The molecule has 0 aliphatic rings. The molecule has 1 N–H and O–H groups in total. The summed E-state index contributed by atoms with van der Waals surface area (Å²) in [7, 11) is 4.67. The molecule has 0 spiro atoms. The van der Waals surface area contributed by atoms with Crippen molar-refractivity contribution in [1.29, 1.82) is 0 Å². The number of imidazole rings is 1. The van der Waals surface area contributed by atoms with Crippen LogP contribution in [0.5, 0.6) is 17.2 Å². The van der Waals surface area contributed by atoms with Crippen molar-refractivity contribution in [1.82, 2.24) is 19.5 Å². The van der Waals surface area contributed by atoms with Crippen molar-refractivity contribution < 1.29 is 14.2 Å². The summed E-state index contributed by atoms with van der Waals surface area (Å²) in [5.74, 6) is 2.01. The SMILES string of the molecule is COc1cc(Nc2nc(Cl)nc3c2ncn3-c2ccsc2)cc(OC)c1OC. The van der Waals surface area contributed by atoms with Gasteiger partial charge < -0.3 is 19.5 Å². The summed E-state index contributed by atoms with van der Waals surface area (Å²) < 4.78 is 18.0. The molecule has 0 atom stereocenters. The van der Waals surface area contributed by atoms with Gasteiger partial charge in [0.25, 0.3) is 0 Å². The second kappa shape index (κ2) is 7.53. The highest BCUT2D eigenvalue weighted by atomic mass is 35.5. The van der Waals surface area contributed by atoms with Gasteiger partial charge in [0, 0.05) is 23.2 Å². The Morgan fingerprint density at radius 1 is 1.07 bits per heavy atom. The molecule has 28 heavy (non-hydrogen) atoms. The lowest BCUT2D eigenvalue weighted by Gasteiger charge is -2.15. The van der Waals surface area contributed by atoms with Crippen LogP contribution in [0.25, 0.3) is 16.9 Å². The molecule has 0 saturated heterocycles. The molecule has 1 aromatic carbocycles. The normalized spacial score (nSPS) is 10.9. The van der Waals surface area contributed by atoms with Gasteiger partial charge in [-0.05, 0) is 23.0 Å². The van der Waals surface area contributed by atoms with E-state index in [2.05, 4.69) is 20.3 Å². The second-order valence-electron chi connectivity index (χ2n) is 5.65. The number of nitrogens with zero attached hydrogens (tertiary/aromatic N) is 4. The van der Waals surface area contributed by atoms with Crippen molar-refractivity contribution in [3.63, 3.8) is 0 Å². The number of hydrogen-bond acceptors (Lipinski definition) is 8. The average molecular weight is 418 g/mol. The fourth-order valence-electron chi connectivity index (χ4n) is 2.83. The van der Waals surface area contributed by atoms with Gasteiger partial charge in [0.1, 0.15) is 6.33 Å². The molecule has 8 nitrogen and oxygen atoms in total. The van der Waals surface area contributed by atoms with E-state index in [0.717, 1.165) is 5.69 Å². The molecule has 0 aliphatic carbocycles. The predicted octanol–water partition coefficient (Wildman–Crippen LogP) is 4.30. The summed E-state index contributed by atoms with van der Waals surface area (Å²) >= 11 is 7.76. The Balaban J connectivity index is 1.80. The Morgan fingerprint density at radius 2 is 1.82 bits per heavy atom. The number of hydrogen-bond donors (Lipinski definition) is 1. The number of rotatable bonds is 6. The van der Waals surface area contributed by atoms with Gasteiger partial charge in [0.05, 0.1) is 27.0 Å². The number of ether oxygens (including phenoxy) is 3. The number of anilines is 2. The third-order valence-electron chi connectivity index (χ3n) is 4.08. The minimum atomic E-state index is 0.111. The van der Waals surface area contributed by atoms with Gasteiger partial charge in [0.2, 0.25) is 11.0 Å². The molecule has 0 amide bonds. The fourth-order valence-corrected chi connectivity index (χ4v) is 3.63. The van der Waals surface area contributed by atoms with E-state index >= 15 is 0 Å². The molecule has 0 unspecified atom stereocenters. The third-order valence-corrected chi connectivity index (χ3v) is 4.92. The molecule has 0 fully saturated rings. The van der Waals surface area contributed by atoms with Crippen molar-refractivity contribution in [3.8, 4) is 22.9 Å². The fraction of sp³-hybridized carbons (Fsp3) is 0.167. The van der Waals surface area contributed by atoms with Crippen LogP contribution in [0.15, 0.2) is 35.3 Å². The summed E-state index contributed by atoms with van der Waals surface area (Å²) in [6.45, 7) is 0. The Hall–Kier alpha value is -3.04. The molecule has 3 aromatic heterocycles. The van der Waals surface area contributed by atoms with Crippen LogP contribution >= 0.6 is 22.9 Å². The highest BCUT2D eigenvalue weighted by Gasteiger charge is 2.17. The first-order valence-electron chi connectivity index (χ1n) is 8.14. The molecular formula is C18H16ClN5O3S. The zero-order chi connectivity index (χ0) is 19.7. The van der Waals surface area contributed by atoms with Crippen molar-refractivity contribution in [2.75, 3.05) is 26.6 Å². The Labute approximate surface area is 169 Å². The van der Waals surface area contributed by atoms with Crippen LogP contribution in [-0.4, -0.2) is 40.8 Å². The van der Waals surface area contributed by atoms with Crippen molar-refractivity contribution >= 4 is 45.6 Å². The number of aromatic nitrogens is 4. The van der Waals surface area contributed by atoms with Gasteiger partial charge in [-0.25, -0.2) is 4.98 Å². The molecule has 4 rings (SSSR count). The van der Waals surface area contributed by atoms with E-state index in [1.54, 1.807) is 51.1 Å². The number of methoxy groups -OCH3 is 3. The molecule has 10 heteroatoms. The van der Waals surface area contributed by atoms with Crippen LogP contribution in [-0.2, 0) is 0 Å². The Morgan fingerprint density at radius 3 is 2.43 bits per heavy atom. The van der Waals surface area contributed by atoms with Crippen LogP contribution in [0.4, 0.5) is 11.5 Å². The number of halogens is 1. The number of fused-ring (bicyclic) bond motifs is 1. The van der Waals surface area contributed by atoms with E-state index < -0.39 is 0 Å². The van der Waals surface area contributed by atoms with Gasteiger partial charge in [0.15, 0.2) is 28.5 Å². The molecule has 0 bridgehead atoms. The van der Waals surface area contributed by atoms with Crippen molar-refractivity contribution in [3.05, 3.63) is 40.6 Å². The topological polar surface area (TPSA) is 83.3 Å². The van der Waals surface area contributed by atoms with Crippen LogP contribution < -0.4 is 19.5 Å². The molecule has 3 heterocycles. The lowest BCUT2D eigenvalue weighted by atomic mass is 10.2. The van der Waals surface area contributed by atoms with E-state index in [9.17, 15) is 0 Å². The Bertz CT molecular complexity index is 1100. The first-order valence-corrected chi connectivity index (χ1v) is 9.47. The van der Waals surface area contributed by atoms with Crippen LogP contribution in [0.2, 0.25) is 5.28 Å². The maximum atomic E-state index is 6.18. The largest absolute Gasteiger partial charge is 0.493 e. The van der Waals surface area contributed by atoms with E-state index in [4.69, 9.17) is 25.8 Å². The smallest absolute Gasteiger partial charge is 0.226 e. The maximum absolute atomic E-state index is 6.18. The predicted molar refractivity (Wildman–Crippen MR) is 109 cm³/mol. The third kappa shape index (κ3) is 3.19. The molecule has 0 radical (unpaired) electrons. The first-order chi connectivity index (χ1) is 13.6. The highest BCUT2D eigenvalue weighted by Crippen LogP contribution is 2.41. The lowest BCUT2D eigenvalue weighted by Crippen LogP contribution is -2.01. The lowest BCUT2D eigenvalue weighted by molar-refractivity contribution is 0.324. The monoisotopic (exact) mass is 417 g/mol. The summed E-state index contributed by atoms with van der Waals surface area (Å²) in [5.41, 5.74) is 2.83. The minimum Gasteiger partial charge on any atom is -0.493 e. The van der Waals surface area contributed by atoms with E-state index in [0.29, 0.717) is 39.9 Å². The highest BCUT2D eigenvalue weighted by molar-refractivity contribution is 7.08. The molecule has 144 valence electrons. The second-order valence-corrected chi connectivity index (χ2v) is 6.77. The zero-order valence-electron chi connectivity index (χ0n) is 15.3. The van der Waals surface area contributed by atoms with Crippen LogP contribution in [0.3, 0.4) is 0 Å². The number of thiophene rings is 1.